The SMILES string of the molecule is COC(=O)C1=CCC(=COc2cccnc2)C=C1Oc1ccccc1. The van der Waals surface area contributed by atoms with Gasteiger partial charge in [-0.2, -0.15) is 0 Å². The van der Waals surface area contributed by atoms with Crippen LogP contribution in [0, 0.1) is 0 Å². The van der Waals surface area contributed by atoms with Crippen molar-refractivity contribution in [3.05, 3.63) is 90.2 Å². The molecule has 5 nitrogen and oxygen atoms in total. The van der Waals surface area contributed by atoms with Crippen molar-refractivity contribution in [1.29, 1.82) is 0 Å². The number of esters is 1. The van der Waals surface area contributed by atoms with E-state index < -0.39 is 5.97 Å². The minimum Gasteiger partial charge on any atom is -0.465 e. The number of allylic oxidation sites excluding steroid dienone is 3. The first kappa shape index (κ1) is 16.5. The number of pyridine rings is 1. The number of hydrogen-bond acceptors (Lipinski definition) is 5. The molecule has 126 valence electrons. The molecular formula is C20H17NO4. The van der Waals surface area contributed by atoms with E-state index >= 15 is 0 Å². The molecule has 0 fully saturated rings. The first-order chi connectivity index (χ1) is 12.3. The third kappa shape index (κ3) is 4.35. The van der Waals surface area contributed by atoms with Gasteiger partial charge >= 0.3 is 5.97 Å². The Bertz CT molecular complexity index is 823. The minimum absolute atomic E-state index is 0.393. The van der Waals surface area contributed by atoms with Gasteiger partial charge in [0.1, 0.15) is 17.3 Å². The molecular weight excluding hydrogens is 318 g/mol. The van der Waals surface area contributed by atoms with E-state index in [4.69, 9.17) is 14.2 Å². The van der Waals surface area contributed by atoms with Crippen LogP contribution in [0.15, 0.2) is 90.2 Å². The molecule has 1 aliphatic rings. The van der Waals surface area contributed by atoms with Crippen molar-refractivity contribution in [2.45, 2.75) is 6.42 Å². The molecule has 0 N–H and O–H groups in total. The Balaban J connectivity index is 1.83. The molecule has 0 radical (unpaired) electrons. The first-order valence-electron chi connectivity index (χ1n) is 7.75. The normalized spacial score (nSPS) is 15.2. The lowest BCUT2D eigenvalue weighted by molar-refractivity contribution is -0.136. The highest BCUT2D eigenvalue weighted by molar-refractivity contribution is 5.93. The third-order valence-electron chi connectivity index (χ3n) is 3.48. The van der Waals surface area contributed by atoms with Crippen molar-refractivity contribution in [2.75, 3.05) is 7.11 Å². The van der Waals surface area contributed by atoms with Gasteiger partial charge in [0.15, 0.2) is 0 Å². The molecule has 0 aliphatic heterocycles. The summed E-state index contributed by atoms with van der Waals surface area (Å²) < 4.78 is 16.3. The zero-order chi connectivity index (χ0) is 17.5. The van der Waals surface area contributed by atoms with Crippen molar-refractivity contribution in [1.82, 2.24) is 4.98 Å². The maximum atomic E-state index is 12.0. The van der Waals surface area contributed by atoms with Gasteiger partial charge in [0.25, 0.3) is 0 Å². The maximum absolute atomic E-state index is 12.0. The molecule has 0 amide bonds. The molecule has 25 heavy (non-hydrogen) atoms. The number of nitrogens with zero attached hydrogens (tertiary/aromatic N) is 1. The van der Waals surface area contributed by atoms with Gasteiger partial charge in [-0.1, -0.05) is 24.3 Å². The zero-order valence-electron chi connectivity index (χ0n) is 13.7. The Morgan fingerprint density at radius 2 is 1.92 bits per heavy atom. The summed E-state index contributed by atoms with van der Waals surface area (Å²) in [7, 11) is 1.35. The monoisotopic (exact) mass is 335 g/mol. The molecule has 1 aromatic carbocycles. The minimum atomic E-state index is -0.436. The second-order valence-electron chi connectivity index (χ2n) is 5.24. The summed E-state index contributed by atoms with van der Waals surface area (Å²) in [5.41, 5.74) is 1.26. The van der Waals surface area contributed by atoms with Gasteiger partial charge in [-0.25, -0.2) is 4.79 Å². The molecule has 1 heterocycles. The molecule has 0 spiro atoms. The average Bonchev–Trinajstić information content (AvgIpc) is 2.67. The Hall–Kier alpha value is -3.34. The molecule has 0 unspecified atom stereocenters. The summed E-state index contributed by atoms with van der Waals surface area (Å²) in [6.07, 6.45) is 9.00. The Kier molecular flexibility index (Phi) is 5.26. The van der Waals surface area contributed by atoms with E-state index in [1.54, 1.807) is 36.9 Å². The van der Waals surface area contributed by atoms with E-state index in [0.29, 0.717) is 29.3 Å². The fourth-order valence-corrected chi connectivity index (χ4v) is 2.26. The van der Waals surface area contributed by atoms with E-state index in [0.717, 1.165) is 5.57 Å². The van der Waals surface area contributed by atoms with Crippen molar-refractivity contribution in [3.8, 4) is 11.5 Å². The van der Waals surface area contributed by atoms with Gasteiger partial charge in [0.2, 0.25) is 0 Å². The number of carbonyl (C=O) groups is 1. The maximum Gasteiger partial charge on any atom is 0.341 e. The van der Waals surface area contributed by atoms with E-state index in [1.807, 2.05) is 36.4 Å². The fraction of sp³-hybridized carbons (Fsp3) is 0.100. The lowest BCUT2D eigenvalue weighted by Crippen LogP contribution is -2.14. The standard InChI is InChI=1S/C20H17NO4/c1-23-20(22)18-10-9-15(14-24-17-8-5-11-21-13-17)12-19(18)25-16-6-3-2-4-7-16/h2-8,10-14H,9H2,1H3. The van der Waals surface area contributed by atoms with Crippen LogP contribution in [0.5, 0.6) is 11.5 Å². The van der Waals surface area contributed by atoms with Gasteiger partial charge in [-0.3, -0.25) is 4.98 Å². The predicted octanol–water partition coefficient (Wildman–Crippen LogP) is 3.81. The highest BCUT2D eigenvalue weighted by atomic mass is 16.5. The molecule has 1 aromatic heterocycles. The Morgan fingerprint density at radius 3 is 2.64 bits per heavy atom. The summed E-state index contributed by atoms with van der Waals surface area (Å²) in [5, 5.41) is 0. The summed E-state index contributed by atoms with van der Waals surface area (Å²) in [6.45, 7) is 0. The second-order valence-corrected chi connectivity index (χ2v) is 5.24. The Labute approximate surface area is 145 Å². The van der Waals surface area contributed by atoms with E-state index in [1.165, 1.54) is 7.11 Å². The van der Waals surface area contributed by atoms with Crippen molar-refractivity contribution in [2.24, 2.45) is 0 Å². The topological polar surface area (TPSA) is 57.7 Å². The molecule has 2 aromatic rings. The van der Waals surface area contributed by atoms with Gasteiger partial charge in [0.05, 0.1) is 25.1 Å². The van der Waals surface area contributed by atoms with Crippen LogP contribution in [0.1, 0.15) is 6.42 Å². The zero-order valence-corrected chi connectivity index (χ0v) is 13.7. The van der Waals surface area contributed by atoms with E-state index in [-0.39, 0.29) is 0 Å². The largest absolute Gasteiger partial charge is 0.465 e. The number of ether oxygens (including phenoxy) is 3. The van der Waals surface area contributed by atoms with Crippen LogP contribution in [0.2, 0.25) is 0 Å². The van der Waals surface area contributed by atoms with Crippen molar-refractivity contribution >= 4 is 5.97 Å². The molecule has 0 atom stereocenters. The Morgan fingerprint density at radius 1 is 1.12 bits per heavy atom. The number of hydrogen-bond donors (Lipinski definition) is 0. The fourth-order valence-electron chi connectivity index (χ4n) is 2.26. The van der Waals surface area contributed by atoms with Crippen LogP contribution >= 0.6 is 0 Å². The van der Waals surface area contributed by atoms with Crippen LogP contribution in [0.4, 0.5) is 0 Å². The molecule has 0 bridgehead atoms. The van der Waals surface area contributed by atoms with E-state index in [2.05, 4.69) is 4.98 Å². The van der Waals surface area contributed by atoms with Gasteiger partial charge in [0, 0.05) is 6.20 Å². The number of benzene rings is 1. The van der Waals surface area contributed by atoms with Gasteiger partial charge < -0.3 is 14.2 Å². The second kappa shape index (κ2) is 7.97. The quantitative estimate of drug-likeness (QED) is 0.614. The summed E-state index contributed by atoms with van der Waals surface area (Å²) in [6, 6.07) is 12.9. The van der Waals surface area contributed by atoms with Crippen LogP contribution in [0.25, 0.3) is 0 Å². The molecule has 0 saturated carbocycles. The van der Waals surface area contributed by atoms with Crippen LogP contribution in [-0.2, 0) is 9.53 Å². The molecule has 0 saturated heterocycles. The molecule has 5 heteroatoms. The summed E-state index contributed by atoms with van der Waals surface area (Å²) in [5.74, 6) is 1.26. The molecule has 1 aliphatic carbocycles. The number of carbonyl (C=O) groups excluding carboxylic acids is 1. The van der Waals surface area contributed by atoms with Gasteiger partial charge in [-0.05, 0) is 42.3 Å². The number of methoxy groups -OCH3 is 1. The summed E-state index contributed by atoms with van der Waals surface area (Å²) in [4.78, 5) is 16.0. The van der Waals surface area contributed by atoms with Gasteiger partial charge in [-0.15, -0.1) is 0 Å². The van der Waals surface area contributed by atoms with Crippen molar-refractivity contribution < 1.29 is 19.0 Å². The molecule has 3 rings (SSSR count). The number of para-hydroxylation sites is 1. The number of aromatic nitrogens is 1. The summed E-state index contributed by atoms with van der Waals surface area (Å²) >= 11 is 0. The smallest absolute Gasteiger partial charge is 0.341 e. The first-order valence-corrected chi connectivity index (χ1v) is 7.75. The number of rotatable bonds is 5. The predicted molar refractivity (Wildman–Crippen MR) is 92.8 cm³/mol. The van der Waals surface area contributed by atoms with Crippen molar-refractivity contribution in [3.63, 3.8) is 0 Å². The lowest BCUT2D eigenvalue weighted by Gasteiger charge is -2.17. The lowest BCUT2D eigenvalue weighted by atomic mass is 10.0. The average molecular weight is 335 g/mol. The van der Waals surface area contributed by atoms with Crippen LogP contribution in [-0.4, -0.2) is 18.1 Å². The highest BCUT2D eigenvalue weighted by Crippen LogP contribution is 2.27. The highest BCUT2D eigenvalue weighted by Gasteiger charge is 2.21. The van der Waals surface area contributed by atoms with Crippen LogP contribution in [0.3, 0.4) is 0 Å². The van der Waals surface area contributed by atoms with E-state index in [9.17, 15) is 4.79 Å². The third-order valence-corrected chi connectivity index (χ3v) is 3.48. The van der Waals surface area contributed by atoms with Crippen LogP contribution < -0.4 is 9.47 Å².